The van der Waals surface area contributed by atoms with Crippen LogP contribution in [-0.4, -0.2) is 28.9 Å². The minimum absolute atomic E-state index is 0.252. The van der Waals surface area contributed by atoms with Gasteiger partial charge in [-0.25, -0.2) is 0 Å². The molecule has 1 amide bonds. The van der Waals surface area contributed by atoms with Gasteiger partial charge in [0.15, 0.2) is 0 Å². The summed E-state index contributed by atoms with van der Waals surface area (Å²) >= 11 is 0.259. The Bertz CT molecular complexity index is 294. The van der Waals surface area contributed by atoms with Crippen molar-refractivity contribution in [1.29, 1.82) is 0 Å². The molecule has 0 aliphatic rings. The number of thioether (sulfide) groups is 1. The fourth-order valence-corrected chi connectivity index (χ4v) is 1.58. The molecule has 0 rings (SSSR count). The summed E-state index contributed by atoms with van der Waals surface area (Å²) < 4.78 is 36.3. The van der Waals surface area contributed by atoms with E-state index in [-0.39, 0.29) is 23.6 Å². The van der Waals surface area contributed by atoms with Crippen LogP contribution in [0.5, 0.6) is 0 Å². The maximum Gasteiger partial charge on any atom is 0.281 e. The van der Waals surface area contributed by atoms with Crippen LogP contribution in [-0.2, 0) is 0 Å². The van der Waals surface area contributed by atoms with E-state index >= 15 is 0 Å². The van der Waals surface area contributed by atoms with E-state index in [4.69, 9.17) is 6.85 Å². The van der Waals surface area contributed by atoms with Crippen LogP contribution in [0.25, 0.3) is 0 Å². The topological polar surface area (TPSA) is 20.3 Å². The highest BCUT2D eigenvalue weighted by Crippen LogP contribution is 2.12. The van der Waals surface area contributed by atoms with Crippen LogP contribution in [0, 0.1) is 11.8 Å². The number of carbonyl (C=O) groups excluding carboxylic acids is 1. The molecule has 84 valence electrons. The second-order valence-corrected chi connectivity index (χ2v) is 4.92. The highest BCUT2D eigenvalue weighted by molar-refractivity contribution is 8.13. The Morgan fingerprint density at radius 1 is 1.36 bits per heavy atom. The molecule has 3 heteroatoms. The van der Waals surface area contributed by atoms with Gasteiger partial charge in [0.05, 0.1) is 0 Å². The van der Waals surface area contributed by atoms with Gasteiger partial charge in [-0.2, -0.15) is 0 Å². The highest BCUT2D eigenvalue weighted by atomic mass is 32.2. The van der Waals surface area contributed by atoms with Crippen molar-refractivity contribution >= 4 is 17.0 Å². The quantitative estimate of drug-likeness (QED) is 0.710. The van der Waals surface area contributed by atoms with Crippen LogP contribution in [0.1, 0.15) is 41.4 Å². The molecule has 0 fully saturated rings. The average molecular weight is 222 g/mol. The van der Waals surface area contributed by atoms with Gasteiger partial charge >= 0.3 is 0 Å². The molecule has 2 nitrogen and oxygen atoms in total. The van der Waals surface area contributed by atoms with Crippen LogP contribution in [0.15, 0.2) is 0 Å². The fourth-order valence-electron chi connectivity index (χ4n) is 1.21. The molecule has 0 aromatic carbocycles. The van der Waals surface area contributed by atoms with E-state index in [1.807, 2.05) is 27.7 Å². The van der Waals surface area contributed by atoms with E-state index in [9.17, 15) is 4.79 Å². The summed E-state index contributed by atoms with van der Waals surface area (Å²) in [6.07, 6.45) is 0. The van der Waals surface area contributed by atoms with Crippen molar-refractivity contribution in [1.82, 2.24) is 4.90 Å². The Morgan fingerprint density at radius 2 is 1.86 bits per heavy atom. The van der Waals surface area contributed by atoms with Crippen LogP contribution in [0.3, 0.4) is 0 Å². The zero-order chi connectivity index (χ0) is 15.4. The second kappa shape index (κ2) is 7.16. The van der Waals surface area contributed by atoms with Crippen LogP contribution in [0.4, 0.5) is 4.79 Å². The van der Waals surface area contributed by atoms with Gasteiger partial charge in [0, 0.05) is 19.9 Å². The van der Waals surface area contributed by atoms with Crippen molar-refractivity contribution in [3.63, 3.8) is 0 Å². The van der Waals surface area contributed by atoms with E-state index in [2.05, 4.69) is 0 Å². The second-order valence-electron chi connectivity index (χ2n) is 4.16. The first-order chi connectivity index (χ1) is 8.36. The third-order valence-corrected chi connectivity index (χ3v) is 2.10. The van der Waals surface area contributed by atoms with Gasteiger partial charge in [0.2, 0.25) is 0 Å². The summed E-state index contributed by atoms with van der Waals surface area (Å²) in [5.74, 6) is 0.504. The van der Waals surface area contributed by atoms with Gasteiger partial charge in [-0.3, -0.25) is 4.79 Å². The van der Waals surface area contributed by atoms with Crippen molar-refractivity contribution in [2.45, 2.75) is 34.5 Å². The molecule has 0 aromatic rings. The van der Waals surface area contributed by atoms with Crippen molar-refractivity contribution in [2.75, 3.05) is 18.8 Å². The van der Waals surface area contributed by atoms with E-state index in [0.29, 0.717) is 13.1 Å². The summed E-state index contributed by atoms with van der Waals surface area (Å²) in [5, 5.41) is -0.511. The monoisotopic (exact) mass is 222 g/mol. The normalized spacial score (nSPS) is 18.3. The van der Waals surface area contributed by atoms with Crippen molar-refractivity contribution in [2.24, 2.45) is 11.8 Å². The van der Waals surface area contributed by atoms with Crippen LogP contribution < -0.4 is 0 Å². The van der Waals surface area contributed by atoms with Crippen LogP contribution in [0.2, 0.25) is 0 Å². The number of carbonyl (C=O) groups is 1. The van der Waals surface area contributed by atoms with E-state index in [0.717, 1.165) is 0 Å². The highest BCUT2D eigenvalue weighted by Gasteiger charge is 2.15. The van der Waals surface area contributed by atoms with Gasteiger partial charge < -0.3 is 4.90 Å². The molecule has 0 saturated carbocycles. The molecular formula is C11H23NOS. The lowest BCUT2D eigenvalue weighted by Gasteiger charge is -2.25. The average Bonchev–Trinajstić information content (AvgIpc) is 2.12. The summed E-state index contributed by atoms with van der Waals surface area (Å²) in [6, 6.07) is 0. The Hall–Kier alpha value is -0.180. The molecule has 0 aliphatic carbocycles. The van der Waals surface area contributed by atoms with Gasteiger partial charge in [-0.05, 0) is 17.5 Å². The molecule has 0 aromatic heterocycles. The maximum absolute atomic E-state index is 12.1. The third-order valence-electron chi connectivity index (χ3n) is 1.57. The summed E-state index contributed by atoms with van der Waals surface area (Å²) in [5.41, 5.74) is -2.56. The minimum atomic E-state index is -2.81. The predicted octanol–water partition coefficient (Wildman–Crippen LogP) is 3.47. The number of hydrogen-bond donors (Lipinski definition) is 0. The molecule has 0 N–H and O–H groups in total. The maximum atomic E-state index is 12.1. The van der Waals surface area contributed by atoms with Crippen molar-refractivity contribution < 1.29 is 11.6 Å². The molecule has 0 saturated heterocycles. The van der Waals surface area contributed by atoms with Gasteiger partial charge in [0.25, 0.3) is 5.24 Å². The first-order valence-electron chi connectivity index (χ1n) is 7.34. The van der Waals surface area contributed by atoms with Gasteiger partial charge in [0.1, 0.15) is 0 Å². The Balaban J connectivity index is 4.82. The molecule has 0 unspecified atom stereocenters. The lowest BCUT2D eigenvalue weighted by atomic mass is 10.1. The van der Waals surface area contributed by atoms with Crippen LogP contribution >= 0.6 is 11.8 Å². The fraction of sp³-hybridized carbons (Fsp3) is 0.909. The Labute approximate surface area is 99.5 Å². The summed E-state index contributed by atoms with van der Waals surface area (Å²) in [6.45, 7) is 6.04. The molecule has 0 atom stereocenters. The number of rotatable bonds is 5. The van der Waals surface area contributed by atoms with E-state index in [1.54, 1.807) is 0 Å². The van der Waals surface area contributed by atoms with Crippen molar-refractivity contribution in [3.05, 3.63) is 0 Å². The van der Waals surface area contributed by atoms with Gasteiger partial charge in [-0.15, -0.1) is 0 Å². The lowest BCUT2D eigenvalue weighted by Crippen LogP contribution is -2.34. The Morgan fingerprint density at radius 3 is 2.21 bits per heavy atom. The zero-order valence-electron chi connectivity index (χ0n) is 14.3. The molecule has 0 bridgehead atoms. The Kier molecular flexibility index (Phi) is 3.66. The predicted molar refractivity (Wildman–Crippen MR) is 64.8 cm³/mol. The molecule has 0 aliphatic heterocycles. The zero-order valence-corrected chi connectivity index (χ0v) is 10.1. The lowest BCUT2D eigenvalue weighted by molar-refractivity contribution is 0.208. The molecule has 14 heavy (non-hydrogen) atoms. The number of amides is 1. The smallest absolute Gasteiger partial charge is 0.281 e. The minimum Gasteiger partial charge on any atom is -0.333 e. The molecule has 0 radical (unpaired) electrons. The largest absolute Gasteiger partial charge is 0.333 e. The first kappa shape index (κ1) is 7.15. The number of hydrogen-bond acceptors (Lipinski definition) is 2. The molecular weight excluding hydrogens is 194 g/mol. The van der Waals surface area contributed by atoms with E-state index < -0.39 is 17.8 Å². The standard InChI is InChI=1S/C11H23NOS/c1-6-14-11(13)12(7-9(2)3)8-10(4)5/h9-10H,6-8H2,1-5H3/i1D3,6D2. The molecule has 0 heterocycles. The first-order valence-corrected chi connectivity index (χ1v) is 5.66. The SMILES string of the molecule is [2H]C([2H])([2H])C([2H])([2H])SC(=O)N(CC(C)C)CC(C)C. The third kappa shape index (κ3) is 6.30. The van der Waals surface area contributed by atoms with Crippen molar-refractivity contribution in [3.8, 4) is 0 Å². The summed E-state index contributed by atoms with van der Waals surface area (Å²) in [7, 11) is 0. The van der Waals surface area contributed by atoms with Gasteiger partial charge in [-0.1, -0.05) is 46.3 Å². The van der Waals surface area contributed by atoms with E-state index in [1.165, 1.54) is 4.90 Å². The summed E-state index contributed by atoms with van der Waals surface area (Å²) in [4.78, 5) is 13.6. The number of nitrogens with zero attached hydrogens (tertiary/aromatic N) is 1. The molecule has 0 spiro atoms.